The highest BCUT2D eigenvalue weighted by molar-refractivity contribution is 6.10. The number of carbonyl (C=O) groups is 1. The van der Waals surface area contributed by atoms with E-state index in [1.807, 2.05) is 0 Å². The molecule has 2 heteroatoms. The molecule has 0 heterocycles. The molecule has 14 heavy (non-hydrogen) atoms. The standard InChI is InChI=1S/C12H11FO/c1-3-9(4-2)12(14)10-5-7-11(13)8-6-10/h3-8H,1H2,2H3. The van der Waals surface area contributed by atoms with Gasteiger partial charge in [0.25, 0.3) is 0 Å². The summed E-state index contributed by atoms with van der Waals surface area (Å²) in [7, 11) is 0. The fourth-order valence-electron chi connectivity index (χ4n) is 1.11. The van der Waals surface area contributed by atoms with Crippen LogP contribution >= 0.6 is 0 Å². The number of halogens is 1. The van der Waals surface area contributed by atoms with Gasteiger partial charge in [-0.2, -0.15) is 0 Å². The lowest BCUT2D eigenvalue weighted by Crippen LogP contribution is -2.00. The molecule has 1 aromatic carbocycles. The number of ketones is 1. The van der Waals surface area contributed by atoms with E-state index in [0.717, 1.165) is 0 Å². The highest BCUT2D eigenvalue weighted by atomic mass is 19.1. The minimum atomic E-state index is -0.345. The highest BCUT2D eigenvalue weighted by Crippen LogP contribution is 2.10. The van der Waals surface area contributed by atoms with Gasteiger partial charge in [0.15, 0.2) is 5.78 Å². The molecule has 1 rings (SSSR count). The quantitative estimate of drug-likeness (QED) is 0.406. The van der Waals surface area contributed by atoms with Gasteiger partial charge < -0.3 is 0 Å². The van der Waals surface area contributed by atoms with E-state index in [9.17, 15) is 9.18 Å². The zero-order valence-corrected chi connectivity index (χ0v) is 7.96. The van der Waals surface area contributed by atoms with Gasteiger partial charge >= 0.3 is 0 Å². The third kappa shape index (κ3) is 2.16. The van der Waals surface area contributed by atoms with Crippen LogP contribution in [0.4, 0.5) is 4.39 Å². The van der Waals surface area contributed by atoms with Gasteiger partial charge in [0.1, 0.15) is 5.82 Å². The Morgan fingerprint density at radius 3 is 2.36 bits per heavy atom. The smallest absolute Gasteiger partial charge is 0.192 e. The summed E-state index contributed by atoms with van der Waals surface area (Å²) >= 11 is 0. The lowest BCUT2D eigenvalue weighted by atomic mass is 10.0. The van der Waals surface area contributed by atoms with Crippen LogP contribution in [0.25, 0.3) is 0 Å². The molecule has 1 nitrogen and oxygen atoms in total. The van der Waals surface area contributed by atoms with Crippen LogP contribution in [-0.4, -0.2) is 5.78 Å². The summed E-state index contributed by atoms with van der Waals surface area (Å²) in [5.41, 5.74) is 0.996. The third-order valence-corrected chi connectivity index (χ3v) is 1.90. The Morgan fingerprint density at radius 2 is 1.93 bits per heavy atom. The SMILES string of the molecule is C=CC(=CC)C(=O)c1ccc(F)cc1. The average Bonchev–Trinajstić information content (AvgIpc) is 2.20. The number of carbonyl (C=O) groups excluding carboxylic acids is 1. The molecule has 0 bridgehead atoms. The van der Waals surface area contributed by atoms with Crippen molar-refractivity contribution < 1.29 is 9.18 Å². The van der Waals surface area contributed by atoms with E-state index in [0.29, 0.717) is 11.1 Å². The molecule has 0 aliphatic rings. The maximum Gasteiger partial charge on any atom is 0.192 e. The molecule has 0 aromatic heterocycles. The lowest BCUT2D eigenvalue weighted by molar-refractivity contribution is 0.103. The number of hydrogen-bond acceptors (Lipinski definition) is 1. The van der Waals surface area contributed by atoms with Crippen LogP contribution in [0.1, 0.15) is 17.3 Å². The summed E-state index contributed by atoms with van der Waals surface area (Å²) in [5.74, 6) is -0.482. The number of benzene rings is 1. The molecule has 0 radical (unpaired) electrons. The van der Waals surface area contributed by atoms with Crippen LogP contribution in [0, 0.1) is 5.82 Å². The third-order valence-electron chi connectivity index (χ3n) is 1.90. The molecule has 0 saturated carbocycles. The van der Waals surface area contributed by atoms with Crippen molar-refractivity contribution in [2.45, 2.75) is 6.92 Å². The van der Waals surface area contributed by atoms with Gasteiger partial charge in [0, 0.05) is 11.1 Å². The maximum absolute atomic E-state index is 12.6. The maximum atomic E-state index is 12.6. The first-order chi connectivity index (χ1) is 6.69. The molecule has 0 N–H and O–H groups in total. The first kappa shape index (κ1) is 10.4. The van der Waals surface area contributed by atoms with E-state index in [1.165, 1.54) is 30.3 Å². The van der Waals surface area contributed by atoms with Crippen LogP contribution in [0.15, 0.2) is 48.6 Å². The molecule has 0 atom stereocenters. The van der Waals surface area contributed by atoms with Crippen LogP contribution in [0.3, 0.4) is 0 Å². The van der Waals surface area contributed by atoms with E-state index in [-0.39, 0.29) is 11.6 Å². The topological polar surface area (TPSA) is 17.1 Å². The van der Waals surface area contributed by atoms with Crippen LogP contribution in [0.2, 0.25) is 0 Å². The van der Waals surface area contributed by atoms with Crippen molar-refractivity contribution >= 4 is 5.78 Å². The van der Waals surface area contributed by atoms with Gasteiger partial charge in [-0.05, 0) is 31.2 Å². The Bertz CT molecular complexity index is 374. The fraction of sp³-hybridized carbons (Fsp3) is 0.0833. The first-order valence-electron chi connectivity index (χ1n) is 4.28. The Hall–Kier alpha value is -1.70. The monoisotopic (exact) mass is 190 g/mol. The molecule has 0 aliphatic heterocycles. The van der Waals surface area contributed by atoms with Crippen molar-refractivity contribution in [1.29, 1.82) is 0 Å². The summed E-state index contributed by atoms with van der Waals surface area (Å²) in [5, 5.41) is 0. The number of rotatable bonds is 3. The predicted molar refractivity (Wildman–Crippen MR) is 54.7 cm³/mol. The van der Waals surface area contributed by atoms with Crippen LogP contribution in [0.5, 0.6) is 0 Å². The van der Waals surface area contributed by atoms with Crippen molar-refractivity contribution in [1.82, 2.24) is 0 Å². The second kappa shape index (κ2) is 4.51. The summed E-state index contributed by atoms with van der Waals surface area (Å²) in [6.45, 7) is 5.30. The zero-order valence-electron chi connectivity index (χ0n) is 7.96. The first-order valence-corrected chi connectivity index (χ1v) is 4.28. The summed E-state index contributed by atoms with van der Waals surface area (Å²) in [6, 6.07) is 5.46. The number of Topliss-reactive ketones (excluding diaryl/α,β-unsaturated/α-hetero) is 1. The second-order valence-electron chi connectivity index (χ2n) is 2.78. The largest absolute Gasteiger partial charge is 0.289 e. The van der Waals surface area contributed by atoms with E-state index in [4.69, 9.17) is 0 Å². The average molecular weight is 190 g/mol. The fourth-order valence-corrected chi connectivity index (χ4v) is 1.11. The van der Waals surface area contributed by atoms with Crippen molar-refractivity contribution in [3.63, 3.8) is 0 Å². The van der Waals surface area contributed by atoms with Crippen molar-refractivity contribution in [3.05, 3.63) is 60.0 Å². The van der Waals surface area contributed by atoms with Crippen LogP contribution in [-0.2, 0) is 0 Å². The Labute approximate surface area is 82.6 Å². The van der Waals surface area contributed by atoms with E-state index >= 15 is 0 Å². The molecular formula is C12H11FO. The molecule has 1 aromatic rings. The van der Waals surface area contributed by atoms with Crippen molar-refractivity contribution in [2.24, 2.45) is 0 Å². The number of hydrogen-bond donors (Lipinski definition) is 0. The molecule has 0 amide bonds. The van der Waals surface area contributed by atoms with E-state index < -0.39 is 0 Å². The van der Waals surface area contributed by atoms with Crippen LogP contribution < -0.4 is 0 Å². The Morgan fingerprint density at radius 1 is 1.36 bits per heavy atom. The molecule has 0 spiro atoms. The summed E-state index contributed by atoms with van der Waals surface area (Å²) in [6.07, 6.45) is 3.17. The molecule has 0 unspecified atom stereocenters. The van der Waals surface area contributed by atoms with Crippen molar-refractivity contribution in [3.8, 4) is 0 Å². The van der Waals surface area contributed by atoms with Gasteiger partial charge in [-0.3, -0.25) is 4.79 Å². The van der Waals surface area contributed by atoms with Gasteiger partial charge in [0.2, 0.25) is 0 Å². The van der Waals surface area contributed by atoms with E-state index in [1.54, 1.807) is 13.0 Å². The number of allylic oxidation sites excluding steroid dienone is 3. The van der Waals surface area contributed by atoms with Gasteiger partial charge in [0.05, 0.1) is 0 Å². The molecule has 0 fully saturated rings. The zero-order chi connectivity index (χ0) is 10.6. The molecule has 72 valence electrons. The lowest BCUT2D eigenvalue weighted by Gasteiger charge is -2.00. The molecular weight excluding hydrogens is 179 g/mol. The van der Waals surface area contributed by atoms with Gasteiger partial charge in [-0.1, -0.05) is 18.7 Å². The highest BCUT2D eigenvalue weighted by Gasteiger charge is 2.07. The predicted octanol–water partition coefficient (Wildman–Crippen LogP) is 3.14. The van der Waals surface area contributed by atoms with Crippen molar-refractivity contribution in [2.75, 3.05) is 0 Å². The second-order valence-corrected chi connectivity index (χ2v) is 2.78. The Kier molecular flexibility index (Phi) is 3.35. The summed E-state index contributed by atoms with van der Waals surface area (Å²) in [4.78, 5) is 11.7. The minimum absolute atomic E-state index is 0.137. The summed E-state index contributed by atoms with van der Waals surface area (Å²) < 4.78 is 12.6. The normalized spacial score (nSPS) is 11.1. The van der Waals surface area contributed by atoms with E-state index in [2.05, 4.69) is 6.58 Å². The van der Waals surface area contributed by atoms with Gasteiger partial charge in [-0.15, -0.1) is 0 Å². The Balaban J connectivity index is 3.01. The van der Waals surface area contributed by atoms with Gasteiger partial charge in [-0.25, -0.2) is 4.39 Å². The molecule has 0 saturated heterocycles. The molecule has 0 aliphatic carbocycles. The minimum Gasteiger partial charge on any atom is -0.289 e.